The predicted molar refractivity (Wildman–Crippen MR) is 76.9 cm³/mol. The zero-order valence-corrected chi connectivity index (χ0v) is 12.2. The van der Waals surface area contributed by atoms with Gasteiger partial charge in [-0.1, -0.05) is 11.6 Å². The minimum absolute atomic E-state index is 0.0684. The average molecular weight is 313 g/mol. The number of hydrogen-bond acceptors (Lipinski definition) is 5. The van der Waals surface area contributed by atoms with E-state index in [4.69, 9.17) is 21.4 Å². The number of rotatable bonds is 3. The lowest BCUT2D eigenvalue weighted by molar-refractivity contribution is -0.0543. The molecule has 2 fully saturated rings. The number of pyridine rings is 1. The number of anilines is 1. The molecule has 0 radical (unpaired) electrons. The molecule has 0 aliphatic carbocycles. The Balaban J connectivity index is 1.87. The molecule has 2 saturated heterocycles. The van der Waals surface area contributed by atoms with Crippen LogP contribution in [0, 0.1) is 11.3 Å². The Hall–Kier alpha value is -1.37. The normalized spacial score (nSPS) is 28.5. The number of halogens is 1. The maximum Gasteiger partial charge on any atom is 0.337 e. The number of aliphatic hydroxyl groups excluding tert-OH is 1. The molecule has 0 aromatic carbocycles. The number of carboxylic acid groups (broad SMARTS) is 1. The van der Waals surface area contributed by atoms with Crippen molar-refractivity contribution in [3.63, 3.8) is 0 Å². The molecular weight excluding hydrogens is 296 g/mol. The Bertz CT molecular complexity index is 568. The van der Waals surface area contributed by atoms with E-state index in [-0.39, 0.29) is 17.6 Å². The molecule has 2 atom stereocenters. The molecule has 0 unspecified atom stereocenters. The Morgan fingerprint density at radius 2 is 2.43 bits per heavy atom. The van der Waals surface area contributed by atoms with Gasteiger partial charge in [-0.3, -0.25) is 0 Å². The Labute approximate surface area is 127 Å². The molecule has 0 saturated carbocycles. The molecule has 6 nitrogen and oxygen atoms in total. The minimum Gasteiger partial charge on any atom is -0.478 e. The second-order valence-electron chi connectivity index (χ2n) is 5.77. The van der Waals surface area contributed by atoms with E-state index in [1.165, 1.54) is 12.3 Å². The number of ether oxygens (including phenoxy) is 1. The molecule has 3 heterocycles. The van der Waals surface area contributed by atoms with Gasteiger partial charge in [0.15, 0.2) is 0 Å². The highest BCUT2D eigenvalue weighted by atomic mass is 35.5. The predicted octanol–water partition coefficient (Wildman–Crippen LogP) is 1.27. The zero-order chi connectivity index (χ0) is 15.0. The fourth-order valence-electron chi connectivity index (χ4n) is 3.26. The first-order chi connectivity index (χ1) is 10.1. The third-order valence-corrected chi connectivity index (χ3v) is 4.77. The number of aromatic nitrogens is 1. The third kappa shape index (κ3) is 2.47. The van der Waals surface area contributed by atoms with Crippen molar-refractivity contribution in [2.24, 2.45) is 11.3 Å². The molecule has 1 aromatic rings. The van der Waals surface area contributed by atoms with Crippen molar-refractivity contribution in [1.82, 2.24) is 4.98 Å². The van der Waals surface area contributed by atoms with Gasteiger partial charge >= 0.3 is 5.97 Å². The molecule has 0 bridgehead atoms. The summed E-state index contributed by atoms with van der Waals surface area (Å²) in [4.78, 5) is 17.1. The fourth-order valence-corrected chi connectivity index (χ4v) is 3.55. The molecule has 21 heavy (non-hydrogen) atoms. The van der Waals surface area contributed by atoms with E-state index in [0.717, 1.165) is 13.0 Å². The van der Waals surface area contributed by atoms with Crippen LogP contribution in [0.5, 0.6) is 0 Å². The van der Waals surface area contributed by atoms with Crippen LogP contribution in [-0.2, 0) is 4.74 Å². The fraction of sp³-hybridized carbons (Fsp3) is 0.571. The first-order valence-electron chi connectivity index (χ1n) is 6.88. The number of fused-ring (bicyclic) bond motifs is 1. The van der Waals surface area contributed by atoms with Gasteiger partial charge in [0.1, 0.15) is 5.82 Å². The van der Waals surface area contributed by atoms with E-state index in [1.54, 1.807) is 0 Å². The van der Waals surface area contributed by atoms with Crippen LogP contribution in [0.4, 0.5) is 5.82 Å². The van der Waals surface area contributed by atoms with Gasteiger partial charge in [0.05, 0.1) is 23.8 Å². The van der Waals surface area contributed by atoms with E-state index >= 15 is 0 Å². The number of aliphatic hydroxyl groups is 1. The van der Waals surface area contributed by atoms with Gasteiger partial charge in [-0.15, -0.1) is 0 Å². The SMILES string of the molecule is O=C(O)c1cnc(N2C[C@@H]3CCOC[C@]3(CO)C2)c(Cl)c1. The summed E-state index contributed by atoms with van der Waals surface area (Å²) in [5, 5.41) is 19.0. The van der Waals surface area contributed by atoms with Crippen molar-refractivity contribution in [3.8, 4) is 0 Å². The zero-order valence-electron chi connectivity index (χ0n) is 11.5. The largest absolute Gasteiger partial charge is 0.478 e. The van der Waals surface area contributed by atoms with Crippen molar-refractivity contribution in [2.45, 2.75) is 6.42 Å². The first kappa shape index (κ1) is 14.6. The van der Waals surface area contributed by atoms with E-state index < -0.39 is 5.97 Å². The minimum atomic E-state index is -1.05. The molecule has 3 rings (SSSR count). The standard InChI is InChI=1S/C14H17ClN2O4/c15-11-3-9(13(19)20)4-16-12(11)17-5-10-1-2-21-8-14(10,6-17)7-18/h3-4,10,18H,1-2,5-8H2,(H,19,20)/t10-,14+/m0/s1. The number of carbonyl (C=O) groups is 1. The van der Waals surface area contributed by atoms with Crippen LogP contribution in [0.1, 0.15) is 16.8 Å². The second kappa shape index (κ2) is 5.44. The number of nitrogens with zero attached hydrogens (tertiary/aromatic N) is 2. The van der Waals surface area contributed by atoms with Crippen molar-refractivity contribution in [1.29, 1.82) is 0 Å². The Kier molecular flexibility index (Phi) is 3.77. The van der Waals surface area contributed by atoms with Crippen LogP contribution < -0.4 is 4.90 Å². The van der Waals surface area contributed by atoms with Crippen LogP contribution in [0.3, 0.4) is 0 Å². The van der Waals surface area contributed by atoms with Gasteiger partial charge in [-0.05, 0) is 18.4 Å². The quantitative estimate of drug-likeness (QED) is 0.874. The van der Waals surface area contributed by atoms with E-state index in [2.05, 4.69) is 4.98 Å². The molecule has 1 aromatic heterocycles. The van der Waals surface area contributed by atoms with Gasteiger partial charge in [-0.25, -0.2) is 9.78 Å². The van der Waals surface area contributed by atoms with Crippen LogP contribution >= 0.6 is 11.6 Å². The molecule has 2 N–H and O–H groups in total. The van der Waals surface area contributed by atoms with Crippen molar-refractivity contribution in [2.75, 3.05) is 37.8 Å². The van der Waals surface area contributed by atoms with Crippen LogP contribution in [0.15, 0.2) is 12.3 Å². The lowest BCUT2D eigenvalue weighted by Crippen LogP contribution is -2.43. The number of aromatic carboxylic acids is 1. The maximum atomic E-state index is 10.9. The van der Waals surface area contributed by atoms with Crippen molar-refractivity contribution >= 4 is 23.4 Å². The highest BCUT2D eigenvalue weighted by molar-refractivity contribution is 6.33. The molecule has 2 aliphatic rings. The number of carboxylic acids is 1. The lowest BCUT2D eigenvalue weighted by Gasteiger charge is -2.36. The molecular formula is C14H17ClN2O4. The summed E-state index contributed by atoms with van der Waals surface area (Å²) in [7, 11) is 0. The molecule has 2 aliphatic heterocycles. The van der Waals surface area contributed by atoms with E-state index in [9.17, 15) is 9.90 Å². The number of hydrogen-bond donors (Lipinski definition) is 2. The van der Waals surface area contributed by atoms with Gasteiger partial charge in [0.2, 0.25) is 0 Å². The summed E-state index contributed by atoms with van der Waals surface area (Å²) >= 11 is 6.18. The molecule has 0 amide bonds. The second-order valence-corrected chi connectivity index (χ2v) is 6.18. The highest BCUT2D eigenvalue weighted by Gasteiger charge is 2.48. The molecule has 7 heteroatoms. The highest BCUT2D eigenvalue weighted by Crippen LogP contribution is 2.43. The summed E-state index contributed by atoms with van der Waals surface area (Å²) < 4.78 is 5.52. The van der Waals surface area contributed by atoms with Crippen LogP contribution in [-0.4, -0.2) is 54.1 Å². The van der Waals surface area contributed by atoms with Crippen molar-refractivity contribution < 1.29 is 19.7 Å². The monoisotopic (exact) mass is 312 g/mol. The van der Waals surface area contributed by atoms with E-state index in [0.29, 0.717) is 36.5 Å². The lowest BCUT2D eigenvalue weighted by atomic mass is 9.76. The summed E-state index contributed by atoms with van der Waals surface area (Å²) in [6.45, 7) is 2.68. The summed E-state index contributed by atoms with van der Waals surface area (Å²) in [5.74, 6) is -0.136. The summed E-state index contributed by atoms with van der Waals surface area (Å²) in [5.41, 5.74) is -0.199. The van der Waals surface area contributed by atoms with E-state index in [1.807, 2.05) is 4.90 Å². The summed E-state index contributed by atoms with van der Waals surface area (Å²) in [6, 6.07) is 1.41. The van der Waals surface area contributed by atoms with Gasteiger partial charge in [-0.2, -0.15) is 0 Å². The third-order valence-electron chi connectivity index (χ3n) is 4.50. The topological polar surface area (TPSA) is 82.9 Å². The van der Waals surface area contributed by atoms with Gasteiger partial charge in [0.25, 0.3) is 0 Å². The first-order valence-corrected chi connectivity index (χ1v) is 7.26. The Morgan fingerprint density at radius 3 is 3.05 bits per heavy atom. The van der Waals surface area contributed by atoms with Gasteiger partial charge in [0, 0.05) is 31.3 Å². The summed E-state index contributed by atoms with van der Waals surface area (Å²) in [6.07, 6.45) is 2.22. The van der Waals surface area contributed by atoms with Gasteiger partial charge < -0.3 is 19.8 Å². The van der Waals surface area contributed by atoms with Crippen molar-refractivity contribution in [3.05, 3.63) is 22.8 Å². The molecule has 0 spiro atoms. The maximum absolute atomic E-state index is 10.9. The Morgan fingerprint density at radius 1 is 1.62 bits per heavy atom. The smallest absolute Gasteiger partial charge is 0.337 e. The van der Waals surface area contributed by atoms with Crippen LogP contribution in [0.25, 0.3) is 0 Å². The average Bonchev–Trinajstić information content (AvgIpc) is 2.86. The van der Waals surface area contributed by atoms with Crippen LogP contribution in [0.2, 0.25) is 5.02 Å². The molecule has 114 valence electrons.